The van der Waals surface area contributed by atoms with Crippen LogP contribution in [0.15, 0.2) is 0 Å². The van der Waals surface area contributed by atoms with Crippen LogP contribution in [0.1, 0.15) is 6.42 Å². The Kier molecular flexibility index (Phi) is 7.56. The fourth-order valence-electron chi connectivity index (χ4n) is 0.393. The molecule has 1 N–H and O–H groups in total. The second kappa shape index (κ2) is 7.78. The van der Waals surface area contributed by atoms with E-state index in [1.807, 2.05) is 0 Å². The van der Waals surface area contributed by atoms with Crippen molar-refractivity contribution in [2.24, 2.45) is 0 Å². The number of methoxy groups -OCH3 is 1. The Morgan fingerprint density at radius 3 is 2.82 bits per heavy atom. The molecule has 0 spiro atoms. The molecule has 0 aromatic rings. The van der Waals surface area contributed by atoms with Crippen molar-refractivity contribution in [1.29, 1.82) is 0 Å². The third kappa shape index (κ3) is 7.58. The van der Waals surface area contributed by atoms with Gasteiger partial charge in [-0.25, -0.2) is 5.48 Å². The number of hydroxylamine groups is 1. The van der Waals surface area contributed by atoms with Gasteiger partial charge in [-0.2, -0.15) is 0 Å². The molecule has 66 valence electrons. The number of nitrogens with one attached hydrogen (secondary N) is 1. The zero-order valence-electron chi connectivity index (χ0n) is 6.43. The zero-order chi connectivity index (χ0) is 8.53. The second-order valence-electron chi connectivity index (χ2n) is 1.81. The van der Waals surface area contributed by atoms with Gasteiger partial charge in [-0.05, 0) is 0 Å². The minimum atomic E-state index is -0.212. The van der Waals surface area contributed by atoms with Gasteiger partial charge in [-0.3, -0.25) is 9.63 Å². The van der Waals surface area contributed by atoms with E-state index in [9.17, 15) is 4.79 Å². The van der Waals surface area contributed by atoms with Gasteiger partial charge in [0, 0.05) is 19.4 Å². The summed E-state index contributed by atoms with van der Waals surface area (Å²) in [4.78, 5) is 15.4. The molecule has 0 aliphatic carbocycles. The van der Waals surface area contributed by atoms with Crippen molar-refractivity contribution >= 4 is 17.5 Å². The van der Waals surface area contributed by atoms with Gasteiger partial charge in [-0.1, -0.05) is 0 Å². The summed E-state index contributed by atoms with van der Waals surface area (Å²) in [6.45, 7) is 0.811. The van der Waals surface area contributed by atoms with Crippen molar-refractivity contribution in [2.45, 2.75) is 6.42 Å². The van der Waals surface area contributed by atoms with Crippen LogP contribution in [0.25, 0.3) is 0 Å². The van der Waals surface area contributed by atoms with Gasteiger partial charge >= 0.3 is 0 Å². The van der Waals surface area contributed by atoms with Crippen LogP contribution in [-0.4, -0.2) is 32.1 Å². The number of carbonyl (C=O) groups excluding carboxylic acids is 1. The van der Waals surface area contributed by atoms with E-state index in [1.54, 1.807) is 7.11 Å². The molecule has 11 heavy (non-hydrogen) atoms. The Balaban J connectivity index is 3.04. The Morgan fingerprint density at radius 2 is 2.27 bits per heavy atom. The number of alkyl halides is 1. The first kappa shape index (κ1) is 10.7. The molecule has 0 radical (unpaired) electrons. The van der Waals surface area contributed by atoms with Gasteiger partial charge in [0.05, 0.1) is 13.2 Å². The molecule has 0 atom stereocenters. The molecule has 1 amide bonds. The average molecular weight is 182 g/mol. The van der Waals surface area contributed by atoms with Crippen LogP contribution in [0.5, 0.6) is 0 Å². The molecule has 0 bridgehead atoms. The van der Waals surface area contributed by atoms with E-state index in [0.29, 0.717) is 19.1 Å². The SMILES string of the molecule is COCCONC(=O)CCCl. The predicted octanol–water partition coefficient (Wildman–Crippen LogP) is 0.309. The topological polar surface area (TPSA) is 47.6 Å². The third-order valence-corrected chi connectivity index (χ3v) is 1.09. The Bertz CT molecular complexity index is 110. The average Bonchev–Trinajstić information content (AvgIpc) is 1.99. The Hall–Kier alpha value is -0.320. The summed E-state index contributed by atoms with van der Waals surface area (Å²) in [5.41, 5.74) is 2.22. The van der Waals surface area contributed by atoms with E-state index in [1.165, 1.54) is 0 Å². The fraction of sp³-hybridized carbons (Fsp3) is 0.833. The lowest BCUT2D eigenvalue weighted by Crippen LogP contribution is -2.25. The number of hydrogen-bond donors (Lipinski definition) is 1. The molecule has 0 rings (SSSR count). The molecule has 0 unspecified atom stereocenters. The molecular formula is C6H12ClNO3. The zero-order valence-corrected chi connectivity index (χ0v) is 7.19. The predicted molar refractivity (Wildman–Crippen MR) is 41.3 cm³/mol. The molecule has 0 fully saturated rings. The second-order valence-corrected chi connectivity index (χ2v) is 2.18. The van der Waals surface area contributed by atoms with E-state index in [4.69, 9.17) is 16.4 Å². The van der Waals surface area contributed by atoms with Crippen LogP contribution in [0.4, 0.5) is 0 Å². The van der Waals surface area contributed by atoms with E-state index in [-0.39, 0.29) is 12.3 Å². The standard InChI is InChI=1S/C6H12ClNO3/c1-10-4-5-11-8-6(9)2-3-7/h2-5H2,1H3,(H,8,9). The first-order valence-corrected chi connectivity index (χ1v) is 3.80. The van der Waals surface area contributed by atoms with Gasteiger partial charge in [0.25, 0.3) is 0 Å². The summed E-state index contributed by atoms with van der Waals surface area (Å²) in [6, 6.07) is 0. The normalized spacial score (nSPS) is 9.64. The number of amides is 1. The molecule has 0 heterocycles. The summed E-state index contributed by atoms with van der Waals surface area (Å²) < 4.78 is 4.68. The minimum Gasteiger partial charge on any atom is -0.382 e. The monoisotopic (exact) mass is 181 g/mol. The maximum absolute atomic E-state index is 10.6. The van der Waals surface area contributed by atoms with Crippen molar-refractivity contribution in [3.05, 3.63) is 0 Å². The molecule has 5 heteroatoms. The van der Waals surface area contributed by atoms with E-state index in [2.05, 4.69) is 10.2 Å². The number of hydrogen-bond acceptors (Lipinski definition) is 3. The lowest BCUT2D eigenvalue weighted by Gasteiger charge is -2.02. The fourth-order valence-corrected chi connectivity index (χ4v) is 0.565. The summed E-state index contributed by atoms with van der Waals surface area (Å²) in [7, 11) is 1.56. The third-order valence-electron chi connectivity index (χ3n) is 0.897. The molecule has 0 aliphatic heterocycles. The minimum absolute atomic E-state index is 0.212. The summed E-state index contributed by atoms with van der Waals surface area (Å²) in [6.07, 6.45) is 0.272. The van der Waals surface area contributed by atoms with E-state index >= 15 is 0 Å². The van der Waals surface area contributed by atoms with Crippen LogP contribution >= 0.6 is 11.6 Å². The van der Waals surface area contributed by atoms with Crippen LogP contribution in [0.3, 0.4) is 0 Å². The first-order valence-electron chi connectivity index (χ1n) is 3.26. The maximum atomic E-state index is 10.6. The van der Waals surface area contributed by atoms with Crippen LogP contribution in [0, 0.1) is 0 Å². The van der Waals surface area contributed by atoms with Crippen LogP contribution in [-0.2, 0) is 14.4 Å². The largest absolute Gasteiger partial charge is 0.382 e. The van der Waals surface area contributed by atoms with Crippen LogP contribution < -0.4 is 5.48 Å². The van der Waals surface area contributed by atoms with Crippen molar-refractivity contribution in [3.63, 3.8) is 0 Å². The number of ether oxygens (including phenoxy) is 1. The van der Waals surface area contributed by atoms with Gasteiger partial charge < -0.3 is 4.74 Å². The molecule has 0 aliphatic rings. The van der Waals surface area contributed by atoms with Gasteiger partial charge in [-0.15, -0.1) is 11.6 Å². The van der Waals surface area contributed by atoms with Crippen molar-refractivity contribution in [1.82, 2.24) is 5.48 Å². The van der Waals surface area contributed by atoms with E-state index in [0.717, 1.165) is 0 Å². The van der Waals surface area contributed by atoms with Gasteiger partial charge in [0.1, 0.15) is 0 Å². The highest BCUT2D eigenvalue weighted by Crippen LogP contribution is 1.83. The van der Waals surface area contributed by atoms with Crippen LogP contribution in [0.2, 0.25) is 0 Å². The molecule has 0 saturated carbocycles. The molecule has 4 nitrogen and oxygen atoms in total. The van der Waals surface area contributed by atoms with Crippen molar-refractivity contribution in [3.8, 4) is 0 Å². The maximum Gasteiger partial charge on any atom is 0.244 e. The van der Waals surface area contributed by atoms with Gasteiger partial charge in [0.2, 0.25) is 5.91 Å². The first-order chi connectivity index (χ1) is 5.31. The van der Waals surface area contributed by atoms with Gasteiger partial charge in [0.15, 0.2) is 0 Å². The molecule has 0 aromatic carbocycles. The number of rotatable bonds is 6. The Morgan fingerprint density at radius 1 is 1.55 bits per heavy atom. The van der Waals surface area contributed by atoms with E-state index < -0.39 is 0 Å². The highest BCUT2D eigenvalue weighted by Gasteiger charge is 1.97. The van der Waals surface area contributed by atoms with Crippen molar-refractivity contribution < 1.29 is 14.4 Å². The lowest BCUT2D eigenvalue weighted by atomic mass is 10.5. The quantitative estimate of drug-likeness (QED) is 0.365. The summed E-state index contributed by atoms with van der Waals surface area (Å²) in [5.74, 6) is 0.0931. The lowest BCUT2D eigenvalue weighted by molar-refractivity contribution is -0.134. The number of halogens is 1. The number of carbonyl (C=O) groups is 1. The molecular weight excluding hydrogens is 170 g/mol. The summed E-state index contributed by atoms with van der Waals surface area (Å²) >= 11 is 5.30. The molecule has 0 aromatic heterocycles. The highest BCUT2D eigenvalue weighted by molar-refractivity contribution is 6.18. The Labute approximate surface area is 70.8 Å². The molecule has 0 saturated heterocycles. The highest BCUT2D eigenvalue weighted by atomic mass is 35.5. The smallest absolute Gasteiger partial charge is 0.244 e. The summed E-state index contributed by atoms with van der Waals surface area (Å²) in [5, 5.41) is 0. The van der Waals surface area contributed by atoms with Crippen molar-refractivity contribution in [2.75, 3.05) is 26.2 Å².